The van der Waals surface area contributed by atoms with Gasteiger partial charge in [0.1, 0.15) is 6.61 Å². The third-order valence-corrected chi connectivity index (χ3v) is 2.05. The molecular formula is C12H20ClNO3. The molecular weight excluding hydrogens is 242 g/mol. The molecule has 0 amide bonds. The molecule has 2 N–H and O–H groups in total. The summed E-state index contributed by atoms with van der Waals surface area (Å²) in [6, 6.07) is 7.53. The minimum Gasteiger partial charge on any atom is -0.493 e. The lowest BCUT2D eigenvalue weighted by molar-refractivity contribution is 0.187. The van der Waals surface area contributed by atoms with Crippen molar-refractivity contribution in [1.82, 2.24) is 5.32 Å². The van der Waals surface area contributed by atoms with Crippen LogP contribution >= 0.6 is 12.4 Å². The summed E-state index contributed by atoms with van der Waals surface area (Å²) in [7, 11) is 1.62. The Hall–Kier alpha value is -0.970. The van der Waals surface area contributed by atoms with Crippen LogP contribution in [0.1, 0.15) is 6.92 Å². The van der Waals surface area contributed by atoms with Crippen LogP contribution in [-0.2, 0) is 0 Å². The van der Waals surface area contributed by atoms with Gasteiger partial charge in [-0.05, 0) is 19.1 Å². The molecule has 0 saturated carbocycles. The molecule has 98 valence electrons. The van der Waals surface area contributed by atoms with Crippen LogP contribution < -0.4 is 14.8 Å². The maximum Gasteiger partial charge on any atom is 0.161 e. The minimum atomic E-state index is -0.328. The van der Waals surface area contributed by atoms with Crippen LogP contribution in [0.15, 0.2) is 24.3 Å². The first-order chi connectivity index (χ1) is 7.74. The summed E-state index contributed by atoms with van der Waals surface area (Å²) in [5, 5.41) is 12.1. The van der Waals surface area contributed by atoms with Crippen molar-refractivity contribution in [3.8, 4) is 11.5 Å². The van der Waals surface area contributed by atoms with Gasteiger partial charge < -0.3 is 19.9 Å². The van der Waals surface area contributed by atoms with E-state index in [1.807, 2.05) is 24.3 Å². The number of aliphatic hydroxyl groups excluding tert-OH is 1. The second-order valence-corrected chi connectivity index (χ2v) is 3.55. The maximum atomic E-state index is 9.03. The fourth-order valence-corrected chi connectivity index (χ4v) is 1.28. The Labute approximate surface area is 108 Å². The highest BCUT2D eigenvalue weighted by Crippen LogP contribution is 2.25. The molecule has 0 aliphatic rings. The number of hydrogen-bond donors (Lipinski definition) is 2. The number of methoxy groups -OCH3 is 1. The normalized spacial score (nSPS) is 11.5. The van der Waals surface area contributed by atoms with Crippen molar-refractivity contribution in [2.24, 2.45) is 0 Å². The van der Waals surface area contributed by atoms with Crippen LogP contribution in [0.25, 0.3) is 0 Å². The predicted molar refractivity (Wildman–Crippen MR) is 70.3 cm³/mol. The number of aliphatic hydroxyl groups is 1. The van der Waals surface area contributed by atoms with Gasteiger partial charge in [0.05, 0.1) is 13.2 Å². The zero-order valence-electron chi connectivity index (χ0n) is 10.2. The van der Waals surface area contributed by atoms with Gasteiger partial charge in [-0.3, -0.25) is 0 Å². The number of ether oxygens (including phenoxy) is 2. The molecule has 1 rings (SSSR count). The van der Waals surface area contributed by atoms with Crippen molar-refractivity contribution >= 4 is 12.4 Å². The quantitative estimate of drug-likeness (QED) is 0.730. The lowest BCUT2D eigenvalue weighted by Crippen LogP contribution is -2.28. The molecule has 0 aliphatic heterocycles. The predicted octanol–water partition coefficient (Wildman–Crippen LogP) is 1.47. The van der Waals surface area contributed by atoms with E-state index in [1.54, 1.807) is 14.0 Å². The molecule has 1 unspecified atom stereocenters. The monoisotopic (exact) mass is 261 g/mol. The van der Waals surface area contributed by atoms with Crippen LogP contribution in [-0.4, -0.2) is 38.0 Å². The van der Waals surface area contributed by atoms with Crippen molar-refractivity contribution < 1.29 is 14.6 Å². The van der Waals surface area contributed by atoms with Crippen LogP contribution in [0, 0.1) is 0 Å². The summed E-state index contributed by atoms with van der Waals surface area (Å²) in [5.74, 6) is 1.47. The number of benzene rings is 1. The Morgan fingerprint density at radius 1 is 1.29 bits per heavy atom. The summed E-state index contributed by atoms with van der Waals surface area (Å²) in [4.78, 5) is 0. The third kappa shape index (κ3) is 6.36. The summed E-state index contributed by atoms with van der Waals surface area (Å²) in [6.45, 7) is 3.57. The molecule has 17 heavy (non-hydrogen) atoms. The Balaban J connectivity index is 0.00000256. The lowest BCUT2D eigenvalue weighted by atomic mass is 10.3. The van der Waals surface area contributed by atoms with Gasteiger partial charge in [0.2, 0.25) is 0 Å². The highest BCUT2D eigenvalue weighted by molar-refractivity contribution is 5.85. The Bertz CT molecular complexity index is 308. The molecule has 1 aromatic carbocycles. The van der Waals surface area contributed by atoms with Gasteiger partial charge in [-0.15, -0.1) is 12.4 Å². The summed E-state index contributed by atoms with van der Waals surface area (Å²) in [5.41, 5.74) is 0. The van der Waals surface area contributed by atoms with Gasteiger partial charge in [-0.2, -0.15) is 0 Å². The topological polar surface area (TPSA) is 50.7 Å². The van der Waals surface area contributed by atoms with Crippen LogP contribution in [0.4, 0.5) is 0 Å². The van der Waals surface area contributed by atoms with E-state index in [2.05, 4.69) is 5.32 Å². The molecule has 1 aromatic rings. The van der Waals surface area contributed by atoms with Crippen LogP contribution in [0.5, 0.6) is 11.5 Å². The summed E-state index contributed by atoms with van der Waals surface area (Å²) < 4.78 is 10.7. The number of hydrogen-bond acceptors (Lipinski definition) is 4. The first kappa shape index (κ1) is 16.0. The molecule has 0 spiro atoms. The molecule has 0 heterocycles. The molecule has 0 fully saturated rings. The molecule has 0 bridgehead atoms. The minimum absolute atomic E-state index is 0. The van der Waals surface area contributed by atoms with Gasteiger partial charge in [0.15, 0.2) is 11.5 Å². The lowest BCUT2D eigenvalue weighted by Gasteiger charge is -2.11. The molecule has 5 heteroatoms. The zero-order chi connectivity index (χ0) is 11.8. The van der Waals surface area contributed by atoms with E-state index in [9.17, 15) is 0 Å². The average Bonchev–Trinajstić information content (AvgIpc) is 2.29. The van der Waals surface area contributed by atoms with E-state index in [-0.39, 0.29) is 18.5 Å². The summed E-state index contributed by atoms with van der Waals surface area (Å²) >= 11 is 0. The molecule has 0 aromatic heterocycles. The number of rotatable bonds is 7. The highest BCUT2D eigenvalue weighted by atomic mass is 35.5. The number of para-hydroxylation sites is 2. The van der Waals surface area contributed by atoms with Gasteiger partial charge >= 0.3 is 0 Å². The molecule has 0 radical (unpaired) electrons. The smallest absolute Gasteiger partial charge is 0.161 e. The van der Waals surface area contributed by atoms with Gasteiger partial charge in [0, 0.05) is 13.1 Å². The molecule has 1 atom stereocenters. The van der Waals surface area contributed by atoms with Crippen molar-refractivity contribution in [1.29, 1.82) is 0 Å². The second-order valence-electron chi connectivity index (χ2n) is 3.55. The summed E-state index contributed by atoms with van der Waals surface area (Å²) in [6.07, 6.45) is -0.328. The van der Waals surface area contributed by atoms with Crippen LogP contribution in [0.2, 0.25) is 0 Å². The fourth-order valence-electron chi connectivity index (χ4n) is 1.28. The average molecular weight is 262 g/mol. The molecule has 0 saturated heterocycles. The van der Waals surface area contributed by atoms with E-state index in [0.29, 0.717) is 19.7 Å². The van der Waals surface area contributed by atoms with Crippen molar-refractivity contribution in [2.75, 3.05) is 26.8 Å². The van der Waals surface area contributed by atoms with E-state index < -0.39 is 0 Å². The third-order valence-electron chi connectivity index (χ3n) is 2.05. The van der Waals surface area contributed by atoms with Crippen molar-refractivity contribution in [3.63, 3.8) is 0 Å². The number of nitrogens with one attached hydrogen (secondary N) is 1. The van der Waals surface area contributed by atoms with Gasteiger partial charge in [0.25, 0.3) is 0 Å². The highest BCUT2D eigenvalue weighted by Gasteiger charge is 2.01. The maximum absolute atomic E-state index is 9.03. The van der Waals surface area contributed by atoms with Crippen molar-refractivity contribution in [2.45, 2.75) is 13.0 Å². The molecule has 0 aliphatic carbocycles. The first-order valence-corrected chi connectivity index (χ1v) is 5.38. The fraction of sp³-hybridized carbons (Fsp3) is 0.500. The standard InChI is InChI=1S/C12H19NO3.ClH/c1-10(14)9-13-7-8-16-12-6-4-3-5-11(12)15-2;/h3-6,10,13-14H,7-9H2,1-2H3;1H. The molecule has 4 nitrogen and oxygen atoms in total. The van der Waals surface area contributed by atoms with E-state index in [1.165, 1.54) is 0 Å². The van der Waals surface area contributed by atoms with Crippen LogP contribution in [0.3, 0.4) is 0 Å². The van der Waals surface area contributed by atoms with Crippen molar-refractivity contribution in [3.05, 3.63) is 24.3 Å². The Kier molecular flexibility index (Phi) is 8.58. The van der Waals surface area contributed by atoms with Gasteiger partial charge in [-0.25, -0.2) is 0 Å². The first-order valence-electron chi connectivity index (χ1n) is 5.38. The SMILES string of the molecule is COc1ccccc1OCCNCC(C)O.Cl. The van der Waals surface area contributed by atoms with E-state index >= 15 is 0 Å². The van der Waals surface area contributed by atoms with Gasteiger partial charge in [-0.1, -0.05) is 12.1 Å². The van der Waals surface area contributed by atoms with E-state index in [0.717, 1.165) is 11.5 Å². The Morgan fingerprint density at radius 2 is 1.94 bits per heavy atom. The largest absolute Gasteiger partial charge is 0.493 e. The second kappa shape index (κ2) is 9.10. The number of halogens is 1. The van der Waals surface area contributed by atoms with E-state index in [4.69, 9.17) is 14.6 Å². The Morgan fingerprint density at radius 3 is 2.53 bits per heavy atom. The zero-order valence-corrected chi connectivity index (χ0v) is 11.0.